The third kappa shape index (κ3) is 3.00. The molecule has 1 fully saturated rings. The largest absolute Gasteiger partial charge is 0.335 e. The highest BCUT2D eigenvalue weighted by molar-refractivity contribution is 9.10. The fourth-order valence-corrected chi connectivity index (χ4v) is 2.65. The first-order valence-corrected chi connectivity index (χ1v) is 6.95. The van der Waals surface area contributed by atoms with Gasteiger partial charge in [0.05, 0.1) is 0 Å². The number of nitrogens with zero attached hydrogens (tertiary/aromatic N) is 1. The van der Waals surface area contributed by atoms with Crippen LogP contribution >= 0.6 is 15.9 Å². The van der Waals surface area contributed by atoms with Crippen molar-refractivity contribution in [2.24, 2.45) is 5.73 Å². The Morgan fingerprint density at radius 2 is 2.28 bits per heavy atom. The summed E-state index contributed by atoms with van der Waals surface area (Å²) in [6.07, 6.45) is 5.55. The standard InChI is InChI=1S/C14H17BrN2O/c15-13-6-2-1-4-11(13)7-8-14(18)17-9-3-5-12(17)10-16/h1-2,4,6-8,12H,3,5,9-10,16H2. The van der Waals surface area contributed by atoms with Crippen LogP contribution < -0.4 is 5.73 Å². The van der Waals surface area contributed by atoms with Crippen LogP contribution in [0.2, 0.25) is 0 Å². The van der Waals surface area contributed by atoms with Crippen molar-refractivity contribution in [1.29, 1.82) is 0 Å². The van der Waals surface area contributed by atoms with E-state index in [0.717, 1.165) is 29.4 Å². The molecular formula is C14H17BrN2O. The van der Waals surface area contributed by atoms with Crippen molar-refractivity contribution in [3.8, 4) is 0 Å². The van der Waals surface area contributed by atoms with Crippen LogP contribution in [-0.2, 0) is 4.79 Å². The van der Waals surface area contributed by atoms with E-state index in [2.05, 4.69) is 15.9 Å². The molecule has 0 aromatic heterocycles. The van der Waals surface area contributed by atoms with Crippen LogP contribution in [0.4, 0.5) is 0 Å². The molecule has 1 aliphatic heterocycles. The molecule has 1 saturated heterocycles. The lowest BCUT2D eigenvalue weighted by Gasteiger charge is -2.21. The van der Waals surface area contributed by atoms with Gasteiger partial charge in [-0.05, 0) is 30.5 Å². The van der Waals surface area contributed by atoms with E-state index in [9.17, 15) is 4.79 Å². The number of hydrogen-bond donors (Lipinski definition) is 1. The highest BCUT2D eigenvalue weighted by Gasteiger charge is 2.25. The summed E-state index contributed by atoms with van der Waals surface area (Å²) in [5.74, 6) is 0.0544. The maximum Gasteiger partial charge on any atom is 0.246 e. The van der Waals surface area contributed by atoms with Gasteiger partial charge in [0.2, 0.25) is 5.91 Å². The molecule has 1 aromatic carbocycles. The quantitative estimate of drug-likeness (QED) is 0.872. The average Bonchev–Trinajstić information content (AvgIpc) is 2.86. The lowest BCUT2D eigenvalue weighted by Crippen LogP contribution is -2.38. The molecule has 96 valence electrons. The number of carbonyl (C=O) groups excluding carboxylic acids is 1. The van der Waals surface area contributed by atoms with Gasteiger partial charge in [-0.2, -0.15) is 0 Å². The van der Waals surface area contributed by atoms with Crippen molar-refractivity contribution in [1.82, 2.24) is 4.90 Å². The first-order chi connectivity index (χ1) is 8.72. The summed E-state index contributed by atoms with van der Waals surface area (Å²) in [7, 11) is 0. The Balaban J connectivity index is 2.05. The third-order valence-corrected chi connectivity index (χ3v) is 3.97. The average molecular weight is 309 g/mol. The van der Waals surface area contributed by atoms with E-state index in [1.807, 2.05) is 35.2 Å². The van der Waals surface area contributed by atoms with Gasteiger partial charge >= 0.3 is 0 Å². The molecule has 0 saturated carbocycles. The summed E-state index contributed by atoms with van der Waals surface area (Å²) in [4.78, 5) is 13.9. The number of nitrogens with two attached hydrogens (primary N) is 1. The lowest BCUT2D eigenvalue weighted by molar-refractivity contribution is -0.126. The maximum atomic E-state index is 12.1. The molecule has 3 nitrogen and oxygen atoms in total. The van der Waals surface area contributed by atoms with Crippen molar-refractivity contribution in [2.75, 3.05) is 13.1 Å². The molecule has 0 spiro atoms. The van der Waals surface area contributed by atoms with Crippen LogP contribution in [0.25, 0.3) is 6.08 Å². The second-order valence-electron chi connectivity index (χ2n) is 4.42. The molecule has 1 amide bonds. The van der Waals surface area contributed by atoms with Crippen molar-refractivity contribution in [3.63, 3.8) is 0 Å². The van der Waals surface area contributed by atoms with Gasteiger partial charge < -0.3 is 10.6 Å². The fraction of sp³-hybridized carbons (Fsp3) is 0.357. The zero-order valence-electron chi connectivity index (χ0n) is 10.2. The summed E-state index contributed by atoms with van der Waals surface area (Å²) in [6.45, 7) is 1.37. The minimum absolute atomic E-state index is 0.0544. The Labute approximate surface area is 116 Å². The van der Waals surface area contributed by atoms with Crippen LogP contribution in [0, 0.1) is 0 Å². The molecule has 4 heteroatoms. The fourth-order valence-electron chi connectivity index (χ4n) is 2.24. The van der Waals surface area contributed by atoms with E-state index in [1.165, 1.54) is 0 Å². The van der Waals surface area contributed by atoms with E-state index in [0.29, 0.717) is 6.54 Å². The van der Waals surface area contributed by atoms with E-state index >= 15 is 0 Å². The highest BCUT2D eigenvalue weighted by atomic mass is 79.9. The van der Waals surface area contributed by atoms with Gasteiger partial charge in [0.1, 0.15) is 0 Å². The van der Waals surface area contributed by atoms with Crippen molar-refractivity contribution in [3.05, 3.63) is 40.4 Å². The van der Waals surface area contributed by atoms with Gasteiger partial charge in [0, 0.05) is 29.7 Å². The monoisotopic (exact) mass is 308 g/mol. The molecule has 1 atom stereocenters. The van der Waals surface area contributed by atoms with Crippen LogP contribution in [0.3, 0.4) is 0 Å². The smallest absolute Gasteiger partial charge is 0.246 e. The number of benzene rings is 1. The van der Waals surface area contributed by atoms with Gasteiger partial charge in [0.15, 0.2) is 0 Å². The highest BCUT2D eigenvalue weighted by Crippen LogP contribution is 2.19. The second kappa shape index (κ2) is 6.16. The minimum Gasteiger partial charge on any atom is -0.335 e. The predicted molar refractivity (Wildman–Crippen MR) is 77.0 cm³/mol. The van der Waals surface area contributed by atoms with Crippen LogP contribution in [0.5, 0.6) is 0 Å². The molecule has 18 heavy (non-hydrogen) atoms. The number of hydrogen-bond acceptors (Lipinski definition) is 2. The van der Waals surface area contributed by atoms with Crippen molar-refractivity contribution < 1.29 is 4.79 Å². The SMILES string of the molecule is NCC1CCCN1C(=O)C=Cc1ccccc1Br. The van der Waals surface area contributed by atoms with Gasteiger partial charge in [-0.1, -0.05) is 34.1 Å². The Bertz CT molecular complexity index is 459. The molecular weight excluding hydrogens is 292 g/mol. The molecule has 1 aromatic rings. The normalized spacial score (nSPS) is 19.7. The molecule has 0 radical (unpaired) electrons. The van der Waals surface area contributed by atoms with E-state index in [-0.39, 0.29) is 11.9 Å². The molecule has 1 aliphatic rings. The Kier molecular flexibility index (Phi) is 4.55. The van der Waals surface area contributed by atoms with Crippen molar-refractivity contribution >= 4 is 27.9 Å². The number of halogens is 1. The van der Waals surface area contributed by atoms with Gasteiger partial charge in [-0.15, -0.1) is 0 Å². The van der Waals surface area contributed by atoms with Crippen LogP contribution in [0.15, 0.2) is 34.8 Å². The second-order valence-corrected chi connectivity index (χ2v) is 5.27. The van der Waals surface area contributed by atoms with Gasteiger partial charge in [0.25, 0.3) is 0 Å². The number of amides is 1. The van der Waals surface area contributed by atoms with E-state index in [1.54, 1.807) is 6.08 Å². The summed E-state index contributed by atoms with van der Waals surface area (Å²) in [5.41, 5.74) is 6.68. The minimum atomic E-state index is 0.0544. The maximum absolute atomic E-state index is 12.1. The summed E-state index contributed by atoms with van der Waals surface area (Å²) >= 11 is 3.46. The first kappa shape index (κ1) is 13.3. The molecule has 2 rings (SSSR count). The molecule has 0 bridgehead atoms. The molecule has 0 aliphatic carbocycles. The topological polar surface area (TPSA) is 46.3 Å². The van der Waals surface area contributed by atoms with Crippen LogP contribution in [0.1, 0.15) is 18.4 Å². The predicted octanol–water partition coefficient (Wildman–Crippen LogP) is 2.41. The Morgan fingerprint density at radius 3 is 3.00 bits per heavy atom. The first-order valence-electron chi connectivity index (χ1n) is 6.15. The third-order valence-electron chi connectivity index (χ3n) is 3.24. The zero-order valence-corrected chi connectivity index (χ0v) is 11.8. The lowest BCUT2D eigenvalue weighted by atomic mass is 10.2. The Morgan fingerprint density at radius 1 is 1.50 bits per heavy atom. The van der Waals surface area contributed by atoms with Crippen LogP contribution in [-0.4, -0.2) is 29.9 Å². The summed E-state index contributed by atoms with van der Waals surface area (Å²) < 4.78 is 0.992. The van der Waals surface area contributed by atoms with Gasteiger partial charge in [-0.3, -0.25) is 4.79 Å². The molecule has 1 heterocycles. The molecule has 2 N–H and O–H groups in total. The molecule has 1 unspecified atom stereocenters. The number of carbonyl (C=O) groups is 1. The summed E-state index contributed by atoms with van der Waals surface area (Å²) in [5, 5.41) is 0. The Hall–Kier alpha value is -1.13. The van der Waals surface area contributed by atoms with E-state index in [4.69, 9.17) is 5.73 Å². The van der Waals surface area contributed by atoms with Crippen molar-refractivity contribution in [2.45, 2.75) is 18.9 Å². The van der Waals surface area contributed by atoms with E-state index < -0.39 is 0 Å². The van der Waals surface area contributed by atoms with Gasteiger partial charge in [-0.25, -0.2) is 0 Å². The zero-order chi connectivity index (χ0) is 13.0. The number of rotatable bonds is 3. The number of likely N-dealkylation sites (tertiary alicyclic amines) is 1. The summed E-state index contributed by atoms with van der Waals surface area (Å²) in [6, 6.07) is 8.05.